The predicted octanol–water partition coefficient (Wildman–Crippen LogP) is 2.61. The second kappa shape index (κ2) is 7.70. The zero-order valence-corrected chi connectivity index (χ0v) is 18.0. The highest BCUT2D eigenvalue weighted by Crippen LogP contribution is 2.38. The Morgan fingerprint density at radius 3 is 2.48 bits per heavy atom. The summed E-state index contributed by atoms with van der Waals surface area (Å²) < 4.78 is 25.9. The highest BCUT2D eigenvalue weighted by molar-refractivity contribution is 7.89. The van der Waals surface area contributed by atoms with Crippen LogP contribution < -0.4 is 0 Å². The Bertz CT molecular complexity index is 1020. The molecule has 8 nitrogen and oxygen atoms in total. The summed E-state index contributed by atoms with van der Waals surface area (Å²) in [6, 6.07) is 4.25. The average Bonchev–Trinajstić information content (AvgIpc) is 3.44. The third kappa shape index (κ3) is 4.04. The van der Waals surface area contributed by atoms with Gasteiger partial charge in [-0.15, -0.1) is 0 Å². The van der Waals surface area contributed by atoms with E-state index in [2.05, 4.69) is 15.2 Å². The number of amides is 1. The lowest BCUT2D eigenvalue weighted by atomic mass is 9.95. The first kappa shape index (κ1) is 20.3. The molecule has 0 unspecified atom stereocenters. The first-order valence-electron chi connectivity index (χ1n) is 9.71. The molecule has 0 spiro atoms. The van der Waals surface area contributed by atoms with Gasteiger partial charge >= 0.3 is 0 Å². The fourth-order valence-corrected chi connectivity index (χ4v) is 4.69. The van der Waals surface area contributed by atoms with E-state index in [1.54, 1.807) is 4.90 Å². The molecule has 2 aromatic rings. The molecule has 156 valence electrons. The predicted molar refractivity (Wildman–Crippen MR) is 109 cm³/mol. The number of carbonyl (C=O) groups excluding carboxylic acids is 1. The van der Waals surface area contributed by atoms with E-state index < -0.39 is 10.0 Å². The van der Waals surface area contributed by atoms with Gasteiger partial charge < -0.3 is 4.90 Å². The molecule has 1 saturated carbocycles. The Morgan fingerprint density at radius 2 is 1.86 bits per heavy atom. The molecule has 10 heteroatoms. The van der Waals surface area contributed by atoms with Crippen molar-refractivity contribution in [2.24, 2.45) is 0 Å². The second-order valence-corrected chi connectivity index (χ2v) is 10.4. The molecular formula is C19H24ClN5O3S. The number of halogens is 1. The van der Waals surface area contributed by atoms with Crippen molar-refractivity contribution < 1.29 is 13.2 Å². The minimum atomic E-state index is -3.64. The minimum absolute atomic E-state index is 0.0550. The van der Waals surface area contributed by atoms with Crippen LogP contribution in [0.1, 0.15) is 59.5 Å². The van der Waals surface area contributed by atoms with Crippen LogP contribution in [-0.4, -0.2) is 65.9 Å². The molecule has 29 heavy (non-hydrogen) atoms. The normalized spacial score (nSPS) is 18.4. The highest BCUT2D eigenvalue weighted by atomic mass is 35.5. The van der Waals surface area contributed by atoms with E-state index in [1.165, 1.54) is 32.3 Å². The van der Waals surface area contributed by atoms with Crippen molar-refractivity contribution in [3.05, 3.63) is 40.4 Å². The van der Waals surface area contributed by atoms with Gasteiger partial charge in [-0.1, -0.05) is 11.6 Å². The summed E-state index contributed by atoms with van der Waals surface area (Å²) in [5.74, 6) is 2.31. The van der Waals surface area contributed by atoms with Gasteiger partial charge in [-0.05, 0) is 43.9 Å². The lowest BCUT2D eigenvalue weighted by Gasteiger charge is -2.31. The third-order valence-corrected chi connectivity index (χ3v) is 7.72. The maximum absolute atomic E-state index is 13.0. The Hall–Kier alpha value is -1.97. The number of hydrogen-bond acceptors (Lipinski definition) is 5. The van der Waals surface area contributed by atoms with Crippen molar-refractivity contribution in [3.8, 4) is 0 Å². The monoisotopic (exact) mass is 437 g/mol. The average molecular weight is 438 g/mol. The maximum Gasteiger partial charge on any atom is 0.255 e. The van der Waals surface area contributed by atoms with E-state index in [-0.39, 0.29) is 27.3 Å². The smallest absolute Gasteiger partial charge is 0.255 e. The van der Waals surface area contributed by atoms with Crippen LogP contribution in [0.3, 0.4) is 0 Å². The Balaban J connectivity index is 1.46. The molecule has 1 N–H and O–H groups in total. The summed E-state index contributed by atoms with van der Waals surface area (Å²) in [4.78, 5) is 19.4. The van der Waals surface area contributed by atoms with E-state index in [0.29, 0.717) is 19.0 Å². The van der Waals surface area contributed by atoms with Crippen molar-refractivity contribution in [1.82, 2.24) is 24.4 Å². The number of likely N-dealkylation sites (tertiary alicyclic amines) is 1. The Kier molecular flexibility index (Phi) is 5.39. The lowest BCUT2D eigenvalue weighted by Crippen LogP contribution is -2.38. The number of carbonyl (C=O) groups is 1. The molecule has 4 rings (SSSR count). The van der Waals surface area contributed by atoms with Crippen LogP contribution in [0.5, 0.6) is 0 Å². The van der Waals surface area contributed by atoms with Crippen molar-refractivity contribution in [2.75, 3.05) is 27.2 Å². The molecule has 2 fully saturated rings. The van der Waals surface area contributed by atoms with Gasteiger partial charge in [0.25, 0.3) is 5.91 Å². The number of benzene rings is 1. The van der Waals surface area contributed by atoms with E-state index in [1.807, 2.05) is 0 Å². The maximum atomic E-state index is 13.0. The number of piperidine rings is 1. The summed E-state index contributed by atoms with van der Waals surface area (Å²) in [6.45, 7) is 1.12. The first-order chi connectivity index (χ1) is 13.8. The fourth-order valence-electron chi connectivity index (χ4n) is 3.56. The van der Waals surface area contributed by atoms with Crippen LogP contribution >= 0.6 is 11.6 Å². The molecule has 1 aromatic heterocycles. The molecular weight excluding hydrogens is 414 g/mol. The SMILES string of the molecule is CN(C)S(=O)(=O)c1ccc(Cl)c(C(=O)N2CCC(c3nc(C4CC4)n[nH]3)CC2)c1. The number of H-pyrrole nitrogens is 1. The van der Waals surface area contributed by atoms with Crippen molar-refractivity contribution >= 4 is 27.5 Å². The number of rotatable bonds is 5. The van der Waals surface area contributed by atoms with Crippen molar-refractivity contribution in [3.63, 3.8) is 0 Å². The van der Waals surface area contributed by atoms with Gasteiger partial charge in [-0.25, -0.2) is 17.7 Å². The Labute approximate surface area is 175 Å². The molecule has 0 bridgehead atoms. The van der Waals surface area contributed by atoms with Crippen LogP contribution in [0.2, 0.25) is 5.02 Å². The highest BCUT2D eigenvalue weighted by Gasteiger charge is 2.31. The third-order valence-electron chi connectivity index (χ3n) is 5.58. The van der Waals surface area contributed by atoms with E-state index >= 15 is 0 Å². The summed E-state index contributed by atoms with van der Waals surface area (Å²) in [6.07, 6.45) is 3.87. The van der Waals surface area contributed by atoms with Gasteiger partial charge in [0.2, 0.25) is 10.0 Å². The summed E-state index contributed by atoms with van der Waals surface area (Å²) >= 11 is 6.22. The standard InChI is InChI=1S/C19H24ClN5O3S/c1-24(2)29(27,28)14-5-6-16(20)15(11-14)19(26)25-9-7-13(8-10-25)18-21-17(22-23-18)12-3-4-12/h5-6,11-13H,3-4,7-10H2,1-2H3,(H,21,22,23). The van der Waals surface area contributed by atoms with Crippen LogP contribution in [0.4, 0.5) is 0 Å². The van der Waals surface area contributed by atoms with E-state index in [0.717, 1.165) is 41.6 Å². The summed E-state index contributed by atoms with van der Waals surface area (Å²) in [5.41, 5.74) is 0.212. The number of aromatic nitrogens is 3. The molecule has 0 atom stereocenters. The number of sulfonamides is 1. The van der Waals surface area contributed by atoms with Crippen LogP contribution in [0, 0.1) is 0 Å². The van der Waals surface area contributed by atoms with Gasteiger partial charge in [0, 0.05) is 39.0 Å². The van der Waals surface area contributed by atoms with Crippen LogP contribution in [-0.2, 0) is 10.0 Å². The number of nitrogens with zero attached hydrogens (tertiary/aromatic N) is 4. The molecule has 2 heterocycles. The number of nitrogens with one attached hydrogen (secondary N) is 1. The molecule has 1 aliphatic heterocycles. The number of aromatic amines is 1. The van der Waals surface area contributed by atoms with Crippen LogP contribution in [0.15, 0.2) is 23.1 Å². The summed E-state index contributed by atoms with van der Waals surface area (Å²) in [5, 5.41) is 7.63. The molecule has 0 radical (unpaired) electrons. The zero-order chi connectivity index (χ0) is 20.8. The second-order valence-electron chi connectivity index (χ2n) is 7.85. The van der Waals surface area contributed by atoms with Crippen LogP contribution in [0.25, 0.3) is 0 Å². The Morgan fingerprint density at radius 1 is 1.17 bits per heavy atom. The molecule has 1 aromatic carbocycles. The lowest BCUT2D eigenvalue weighted by molar-refractivity contribution is 0.0711. The van der Waals surface area contributed by atoms with Crippen molar-refractivity contribution in [1.29, 1.82) is 0 Å². The molecule has 1 aliphatic carbocycles. The number of hydrogen-bond donors (Lipinski definition) is 1. The van der Waals surface area contributed by atoms with Gasteiger partial charge in [-0.3, -0.25) is 9.89 Å². The largest absolute Gasteiger partial charge is 0.339 e. The van der Waals surface area contributed by atoms with Gasteiger partial charge in [-0.2, -0.15) is 5.10 Å². The van der Waals surface area contributed by atoms with E-state index in [4.69, 9.17) is 11.6 Å². The van der Waals surface area contributed by atoms with Gasteiger partial charge in [0.15, 0.2) is 5.82 Å². The first-order valence-corrected chi connectivity index (χ1v) is 11.5. The van der Waals surface area contributed by atoms with Crippen molar-refractivity contribution in [2.45, 2.75) is 42.4 Å². The van der Waals surface area contributed by atoms with E-state index in [9.17, 15) is 13.2 Å². The van der Waals surface area contributed by atoms with Gasteiger partial charge in [0.05, 0.1) is 15.5 Å². The van der Waals surface area contributed by atoms with Gasteiger partial charge in [0.1, 0.15) is 5.82 Å². The molecule has 1 amide bonds. The fraction of sp³-hybridized carbons (Fsp3) is 0.526. The topological polar surface area (TPSA) is 99.3 Å². The zero-order valence-electron chi connectivity index (χ0n) is 16.4. The summed E-state index contributed by atoms with van der Waals surface area (Å²) in [7, 11) is -0.735. The minimum Gasteiger partial charge on any atom is -0.339 e. The molecule has 2 aliphatic rings. The molecule has 1 saturated heterocycles. The quantitative estimate of drug-likeness (QED) is 0.775.